The third kappa shape index (κ3) is 1.36. The fourth-order valence-electron chi connectivity index (χ4n) is 1.72. The SMILES string of the molecule is CC1(C)C(O)N(c2ccccc2)C(=O)N1O. The third-order valence-corrected chi connectivity index (χ3v) is 2.84. The number of hydroxylamine groups is 2. The van der Waals surface area contributed by atoms with Gasteiger partial charge in [0.25, 0.3) is 0 Å². The summed E-state index contributed by atoms with van der Waals surface area (Å²) in [4.78, 5) is 12.9. The lowest BCUT2D eigenvalue weighted by atomic mass is 10.0. The average molecular weight is 222 g/mol. The van der Waals surface area contributed by atoms with Crippen LogP contribution in [0.3, 0.4) is 0 Å². The molecule has 2 amide bonds. The van der Waals surface area contributed by atoms with E-state index in [2.05, 4.69) is 0 Å². The molecule has 0 bridgehead atoms. The number of aliphatic hydroxyl groups is 1. The van der Waals surface area contributed by atoms with Crippen molar-refractivity contribution >= 4 is 11.7 Å². The van der Waals surface area contributed by atoms with E-state index in [1.165, 1.54) is 4.90 Å². The van der Waals surface area contributed by atoms with Crippen LogP contribution in [0.25, 0.3) is 0 Å². The molecule has 0 aliphatic carbocycles. The Bertz CT molecular complexity index is 405. The van der Waals surface area contributed by atoms with Crippen LogP contribution in [0.1, 0.15) is 13.8 Å². The smallest absolute Gasteiger partial charge is 0.351 e. The number of hydrogen-bond donors (Lipinski definition) is 2. The average Bonchev–Trinajstić information content (AvgIpc) is 2.42. The fraction of sp³-hybridized carbons (Fsp3) is 0.364. The lowest BCUT2D eigenvalue weighted by Gasteiger charge is -2.27. The minimum absolute atomic E-state index is 0.560. The minimum atomic E-state index is -1.08. The number of rotatable bonds is 1. The molecule has 1 aromatic rings. The molecule has 86 valence electrons. The standard InChI is InChI=1S/C11H14N2O3/c1-11(2)9(14)12(10(15)13(11)16)8-6-4-3-5-7-8/h3-7,9,14,16H,1-2H3. The van der Waals surface area contributed by atoms with E-state index in [1.807, 2.05) is 6.07 Å². The molecule has 0 radical (unpaired) electrons. The number of carbonyl (C=O) groups excluding carboxylic acids is 1. The predicted molar refractivity (Wildman–Crippen MR) is 58.0 cm³/mol. The van der Waals surface area contributed by atoms with Crippen molar-refractivity contribution in [3.05, 3.63) is 30.3 Å². The zero-order valence-electron chi connectivity index (χ0n) is 9.16. The van der Waals surface area contributed by atoms with Gasteiger partial charge >= 0.3 is 6.03 Å². The first kappa shape index (κ1) is 10.9. The van der Waals surface area contributed by atoms with E-state index in [0.29, 0.717) is 10.8 Å². The molecule has 0 spiro atoms. The van der Waals surface area contributed by atoms with E-state index in [-0.39, 0.29) is 0 Å². The van der Waals surface area contributed by atoms with E-state index in [4.69, 9.17) is 0 Å². The number of anilines is 1. The van der Waals surface area contributed by atoms with Crippen molar-refractivity contribution in [2.24, 2.45) is 0 Å². The highest BCUT2D eigenvalue weighted by Gasteiger charge is 2.51. The van der Waals surface area contributed by atoms with Crippen molar-refractivity contribution < 1.29 is 15.1 Å². The van der Waals surface area contributed by atoms with E-state index in [0.717, 1.165) is 0 Å². The van der Waals surface area contributed by atoms with Crippen LogP contribution in [0.15, 0.2) is 30.3 Å². The van der Waals surface area contributed by atoms with Gasteiger partial charge in [0.15, 0.2) is 6.23 Å². The summed E-state index contributed by atoms with van der Waals surface area (Å²) in [5.74, 6) is 0. The molecule has 1 aliphatic heterocycles. The number of para-hydroxylation sites is 1. The van der Waals surface area contributed by atoms with Crippen LogP contribution < -0.4 is 4.90 Å². The Kier molecular flexibility index (Phi) is 2.36. The third-order valence-electron chi connectivity index (χ3n) is 2.84. The summed E-state index contributed by atoms with van der Waals surface area (Å²) in [5.41, 5.74) is -0.461. The molecule has 0 saturated carbocycles. The normalized spacial score (nSPS) is 24.0. The van der Waals surface area contributed by atoms with Crippen molar-refractivity contribution in [3.63, 3.8) is 0 Å². The number of benzene rings is 1. The van der Waals surface area contributed by atoms with Gasteiger partial charge in [-0.25, -0.2) is 4.79 Å². The van der Waals surface area contributed by atoms with Crippen molar-refractivity contribution in [1.82, 2.24) is 5.06 Å². The molecular formula is C11H14N2O3. The van der Waals surface area contributed by atoms with Crippen molar-refractivity contribution in [2.75, 3.05) is 4.90 Å². The monoisotopic (exact) mass is 222 g/mol. The predicted octanol–water partition coefficient (Wildman–Crippen LogP) is 1.41. The lowest BCUT2D eigenvalue weighted by molar-refractivity contribution is -0.121. The molecule has 2 rings (SSSR count). The van der Waals surface area contributed by atoms with Crippen LogP contribution in [-0.2, 0) is 0 Å². The van der Waals surface area contributed by atoms with E-state index >= 15 is 0 Å². The van der Waals surface area contributed by atoms with E-state index < -0.39 is 17.8 Å². The molecule has 5 nitrogen and oxygen atoms in total. The van der Waals surface area contributed by atoms with Gasteiger partial charge < -0.3 is 5.11 Å². The summed E-state index contributed by atoms with van der Waals surface area (Å²) in [6.45, 7) is 3.19. The van der Waals surface area contributed by atoms with Gasteiger partial charge in [-0.15, -0.1) is 0 Å². The van der Waals surface area contributed by atoms with Gasteiger partial charge in [0.2, 0.25) is 0 Å². The number of urea groups is 1. The Hall–Kier alpha value is -1.59. The molecule has 1 heterocycles. The van der Waals surface area contributed by atoms with Gasteiger partial charge in [-0.1, -0.05) is 18.2 Å². The van der Waals surface area contributed by atoms with Crippen LogP contribution >= 0.6 is 0 Å². The van der Waals surface area contributed by atoms with E-state index in [1.54, 1.807) is 38.1 Å². The first-order valence-electron chi connectivity index (χ1n) is 5.01. The minimum Gasteiger partial charge on any atom is -0.371 e. The molecule has 1 unspecified atom stereocenters. The number of nitrogens with zero attached hydrogens (tertiary/aromatic N) is 2. The lowest BCUT2D eigenvalue weighted by Crippen LogP contribution is -2.45. The molecule has 0 aromatic heterocycles. The van der Waals surface area contributed by atoms with Gasteiger partial charge in [-0.2, -0.15) is 5.06 Å². The van der Waals surface area contributed by atoms with Crippen LogP contribution in [-0.4, -0.2) is 33.2 Å². The largest absolute Gasteiger partial charge is 0.371 e. The van der Waals surface area contributed by atoms with Crippen LogP contribution in [0.2, 0.25) is 0 Å². The number of carbonyl (C=O) groups is 1. The van der Waals surface area contributed by atoms with Crippen LogP contribution in [0.4, 0.5) is 10.5 Å². The summed E-state index contributed by atoms with van der Waals surface area (Å²) in [6, 6.07) is 8.14. The molecule has 1 atom stereocenters. The van der Waals surface area contributed by atoms with Crippen LogP contribution in [0, 0.1) is 0 Å². The highest BCUT2D eigenvalue weighted by Crippen LogP contribution is 2.33. The summed E-state index contributed by atoms with van der Waals surface area (Å²) in [7, 11) is 0. The Balaban J connectivity index is 2.41. The molecule has 1 aliphatic rings. The summed E-state index contributed by atoms with van der Waals surface area (Å²) in [5, 5.41) is 20.2. The van der Waals surface area contributed by atoms with Crippen LogP contribution in [0.5, 0.6) is 0 Å². The zero-order chi connectivity index (χ0) is 11.9. The number of amides is 2. The first-order chi connectivity index (χ1) is 7.46. The second-order valence-electron chi connectivity index (χ2n) is 4.33. The Morgan fingerprint density at radius 1 is 1.25 bits per heavy atom. The van der Waals surface area contributed by atoms with Gasteiger partial charge in [0.1, 0.15) is 5.54 Å². The molecule has 1 aromatic carbocycles. The zero-order valence-corrected chi connectivity index (χ0v) is 9.16. The molecule has 2 N–H and O–H groups in total. The second-order valence-corrected chi connectivity index (χ2v) is 4.33. The van der Waals surface area contributed by atoms with Gasteiger partial charge in [0.05, 0.1) is 0 Å². The number of hydrogen-bond acceptors (Lipinski definition) is 3. The number of aliphatic hydroxyl groups excluding tert-OH is 1. The highest BCUT2D eigenvalue weighted by atomic mass is 16.5. The van der Waals surface area contributed by atoms with Gasteiger partial charge in [0, 0.05) is 5.69 Å². The summed E-state index contributed by atoms with van der Waals surface area (Å²) < 4.78 is 0. The van der Waals surface area contributed by atoms with Crippen molar-refractivity contribution in [2.45, 2.75) is 25.6 Å². The van der Waals surface area contributed by atoms with Gasteiger partial charge in [-0.05, 0) is 26.0 Å². The quantitative estimate of drug-likeness (QED) is 0.706. The first-order valence-corrected chi connectivity index (χ1v) is 5.01. The molecular weight excluding hydrogens is 208 g/mol. The maximum atomic E-state index is 11.8. The topological polar surface area (TPSA) is 64.0 Å². The summed E-state index contributed by atoms with van der Waals surface area (Å²) in [6.07, 6.45) is -1.08. The van der Waals surface area contributed by atoms with Crippen molar-refractivity contribution in [1.29, 1.82) is 0 Å². The highest BCUT2D eigenvalue weighted by molar-refractivity contribution is 5.94. The van der Waals surface area contributed by atoms with Gasteiger partial charge in [-0.3, -0.25) is 10.1 Å². The Morgan fingerprint density at radius 3 is 2.25 bits per heavy atom. The van der Waals surface area contributed by atoms with E-state index in [9.17, 15) is 15.1 Å². The second kappa shape index (κ2) is 3.47. The fourth-order valence-corrected chi connectivity index (χ4v) is 1.72. The molecule has 16 heavy (non-hydrogen) atoms. The maximum Gasteiger partial charge on any atom is 0.351 e. The molecule has 1 fully saturated rings. The molecule has 5 heteroatoms. The Morgan fingerprint density at radius 2 is 1.81 bits per heavy atom. The summed E-state index contributed by atoms with van der Waals surface area (Å²) >= 11 is 0. The Labute approximate surface area is 93.5 Å². The molecule has 1 saturated heterocycles. The maximum absolute atomic E-state index is 11.8. The van der Waals surface area contributed by atoms with Crippen molar-refractivity contribution in [3.8, 4) is 0 Å².